The summed E-state index contributed by atoms with van der Waals surface area (Å²) in [5.74, 6) is -0.0506. The van der Waals surface area contributed by atoms with Gasteiger partial charge in [0, 0.05) is 25.6 Å². The maximum absolute atomic E-state index is 13.3. The van der Waals surface area contributed by atoms with Crippen molar-refractivity contribution in [3.63, 3.8) is 0 Å². The molecular formula is C27H35N3O4. The van der Waals surface area contributed by atoms with Gasteiger partial charge in [-0.15, -0.1) is 0 Å². The molecule has 7 nitrogen and oxygen atoms in total. The molecule has 0 radical (unpaired) electrons. The minimum absolute atomic E-state index is 0.169. The van der Waals surface area contributed by atoms with Gasteiger partial charge >= 0.3 is 0 Å². The van der Waals surface area contributed by atoms with Gasteiger partial charge in [0.15, 0.2) is 0 Å². The summed E-state index contributed by atoms with van der Waals surface area (Å²) in [6.45, 7) is 3.36. The smallest absolute Gasteiger partial charge is 0.254 e. The number of nitrogens with one attached hydrogen (secondary N) is 2. The highest BCUT2D eigenvalue weighted by atomic mass is 16.5. The van der Waals surface area contributed by atoms with Crippen LogP contribution < -0.4 is 15.4 Å². The van der Waals surface area contributed by atoms with Crippen LogP contribution in [0.25, 0.3) is 0 Å². The molecule has 1 aliphatic heterocycles. The van der Waals surface area contributed by atoms with Gasteiger partial charge in [-0.05, 0) is 55.5 Å². The van der Waals surface area contributed by atoms with E-state index >= 15 is 0 Å². The predicted octanol–water partition coefficient (Wildman–Crippen LogP) is 3.33. The Balaban J connectivity index is 1.75. The van der Waals surface area contributed by atoms with E-state index in [2.05, 4.69) is 17.6 Å². The lowest BCUT2D eigenvalue weighted by Crippen LogP contribution is -2.54. The number of hydrogen-bond donors (Lipinski definition) is 2. The molecule has 2 N–H and O–H groups in total. The van der Waals surface area contributed by atoms with E-state index in [-0.39, 0.29) is 17.7 Å². The number of ether oxygens (including phenoxy) is 1. The summed E-state index contributed by atoms with van der Waals surface area (Å²) in [6.07, 6.45) is 4.71. The molecule has 1 saturated heterocycles. The summed E-state index contributed by atoms with van der Waals surface area (Å²) in [5, 5.41) is 5.73. The van der Waals surface area contributed by atoms with E-state index < -0.39 is 12.1 Å². The first-order valence-corrected chi connectivity index (χ1v) is 12.1. The lowest BCUT2D eigenvalue weighted by molar-refractivity contribution is -0.131. The maximum atomic E-state index is 13.3. The molecule has 0 aromatic heterocycles. The summed E-state index contributed by atoms with van der Waals surface area (Å²) in [7, 11) is 1.63. The molecule has 1 heterocycles. The van der Waals surface area contributed by atoms with Crippen molar-refractivity contribution < 1.29 is 19.1 Å². The number of hydrogen-bond acceptors (Lipinski definition) is 4. The van der Waals surface area contributed by atoms with Gasteiger partial charge in [-0.1, -0.05) is 43.7 Å². The van der Waals surface area contributed by atoms with E-state index in [1.54, 1.807) is 31.3 Å². The van der Waals surface area contributed by atoms with Crippen LogP contribution in [-0.2, 0) is 16.0 Å². The number of rotatable bonds is 10. The summed E-state index contributed by atoms with van der Waals surface area (Å²) < 4.78 is 5.68. The van der Waals surface area contributed by atoms with Crippen LogP contribution in [0.4, 0.5) is 0 Å². The summed E-state index contributed by atoms with van der Waals surface area (Å²) >= 11 is 0. The van der Waals surface area contributed by atoms with Crippen molar-refractivity contribution in [1.29, 1.82) is 0 Å². The van der Waals surface area contributed by atoms with Crippen molar-refractivity contribution in [2.24, 2.45) is 0 Å². The third-order valence-electron chi connectivity index (χ3n) is 6.08. The number of carbonyl (C=O) groups is 3. The average molecular weight is 466 g/mol. The first-order valence-electron chi connectivity index (χ1n) is 12.1. The Labute approximate surface area is 201 Å². The Hall–Kier alpha value is -3.35. The van der Waals surface area contributed by atoms with Gasteiger partial charge in [-0.2, -0.15) is 0 Å². The fraction of sp³-hybridized carbons (Fsp3) is 0.444. The van der Waals surface area contributed by atoms with Crippen LogP contribution in [0.15, 0.2) is 54.6 Å². The Morgan fingerprint density at radius 1 is 1.12 bits per heavy atom. The Morgan fingerprint density at radius 3 is 2.56 bits per heavy atom. The quantitative estimate of drug-likeness (QED) is 0.527. The summed E-state index contributed by atoms with van der Waals surface area (Å²) in [5.41, 5.74) is 1.41. The zero-order valence-corrected chi connectivity index (χ0v) is 20.1. The van der Waals surface area contributed by atoms with Gasteiger partial charge in [-0.25, -0.2) is 0 Å². The molecule has 182 valence electrons. The molecule has 34 heavy (non-hydrogen) atoms. The van der Waals surface area contributed by atoms with Crippen LogP contribution in [0.5, 0.6) is 5.75 Å². The molecule has 3 amide bonds. The predicted molar refractivity (Wildman–Crippen MR) is 132 cm³/mol. The van der Waals surface area contributed by atoms with Crippen molar-refractivity contribution >= 4 is 17.7 Å². The molecule has 7 heteroatoms. The Bertz CT molecular complexity index is 946. The molecule has 2 aromatic carbocycles. The van der Waals surface area contributed by atoms with E-state index in [0.717, 1.165) is 31.2 Å². The monoisotopic (exact) mass is 465 g/mol. The second kappa shape index (κ2) is 12.8. The Morgan fingerprint density at radius 2 is 1.85 bits per heavy atom. The largest absolute Gasteiger partial charge is 0.494 e. The highest BCUT2D eigenvalue weighted by molar-refractivity contribution is 5.98. The molecule has 0 saturated carbocycles. The highest BCUT2D eigenvalue weighted by Gasteiger charge is 2.31. The average Bonchev–Trinajstić information content (AvgIpc) is 3.06. The standard InChI is InChI=1S/C27H35N3O4/c1-3-4-18-34-22-15-13-21(14-16-22)27(33)30(2)24(19-20-10-6-5-7-11-20)26(32)29-23-12-8-9-17-28-25(23)31/h5-7,10-11,13-16,23-24H,3-4,8-9,12,17-19H2,1-2H3,(H,28,31)(H,29,32)/t23-,24+/m1/s1. The van der Waals surface area contributed by atoms with Crippen LogP contribution in [0.2, 0.25) is 0 Å². The van der Waals surface area contributed by atoms with E-state index in [9.17, 15) is 14.4 Å². The van der Waals surface area contributed by atoms with Gasteiger partial charge in [0.2, 0.25) is 11.8 Å². The third kappa shape index (κ3) is 7.07. The van der Waals surface area contributed by atoms with Gasteiger partial charge < -0.3 is 20.3 Å². The van der Waals surface area contributed by atoms with Crippen molar-refractivity contribution in [2.75, 3.05) is 20.2 Å². The highest BCUT2D eigenvalue weighted by Crippen LogP contribution is 2.17. The first-order chi connectivity index (χ1) is 16.5. The third-order valence-corrected chi connectivity index (χ3v) is 6.08. The van der Waals surface area contributed by atoms with E-state index in [0.29, 0.717) is 37.3 Å². The van der Waals surface area contributed by atoms with Gasteiger partial charge in [0.05, 0.1) is 6.61 Å². The zero-order chi connectivity index (χ0) is 24.3. The van der Waals surface area contributed by atoms with Gasteiger partial charge in [-0.3, -0.25) is 14.4 Å². The maximum Gasteiger partial charge on any atom is 0.254 e. The molecule has 2 aromatic rings. The van der Waals surface area contributed by atoms with Crippen LogP contribution in [0.3, 0.4) is 0 Å². The molecule has 1 aliphatic rings. The lowest BCUT2D eigenvalue weighted by atomic mass is 10.0. The molecule has 0 spiro atoms. The van der Waals surface area contributed by atoms with Crippen molar-refractivity contribution in [3.8, 4) is 5.75 Å². The summed E-state index contributed by atoms with van der Waals surface area (Å²) in [4.78, 5) is 40.5. The van der Waals surface area contributed by atoms with E-state index in [4.69, 9.17) is 4.74 Å². The molecule has 0 bridgehead atoms. The van der Waals surface area contributed by atoms with Crippen LogP contribution in [0, 0.1) is 0 Å². The number of unbranched alkanes of at least 4 members (excludes halogenated alkanes) is 1. The fourth-order valence-electron chi connectivity index (χ4n) is 3.96. The minimum atomic E-state index is -0.758. The van der Waals surface area contributed by atoms with E-state index in [1.807, 2.05) is 30.3 Å². The second-order valence-corrected chi connectivity index (χ2v) is 8.70. The van der Waals surface area contributed by atoms with Crippen LogP contribution >= 0.6 is 0 Å². The van der Waals surface area contributed by atoms with Crippen molar-refractivity contribution in [1.82, 2.24) is 15.5 Å². The normalized spacial score (nSPS) is 16.6. The number of carbonyl (C=O) groups excluding carboxylic acids is 3. The second-order valence-electron chi connectivity index (χ2n) is 8.70. The van der Waals surface area contributed by atoms with Crippen molar-refractivity contribution in [3.05, 3.63) is 65.7 Å². The SMILES string of the molecule is CCCCOc1ccc(C(=O)N(C)[C@@H](Cc2ccccc2)C(=O)N[C@@H]2CCCCNC2=O)cc1. The first kappa shape index (κ1) is 25.3. The zero-order valence-electron chi connectivity index (χ0n) is 20.1. The van der Waals surface area contributed by atoms with Crippen LogP contribution in [0.1, 0.15) is 54.9 Å². The molecule has 0 aliphatic carbocycles. The number of nitrogens with zero attached hydrogens (tertiary/aromatic N) is 1. The fourth-order valence-corrected chi connectivity index (χ4v) is 3.96. The summed E-state index contributed by atoms with van der Waals surface area (Å²) in [6, 6.07) is 15.2. The minimum Gasteiger partial charge on any atom is -0.494 e. The number of benzene rings is 2. The molecule has 0 unspecified atom stereocenters. The van der Waals surface area contributed by atoms with E-state index in [1.165, 1.54) is 4.90 Å². The van der Waals surface area contributed by atoms with Gasteiger partial charge in [0.25, 0.3) is 5.91 Å². The number of amides is 3. The molecule has 1 fully saturated rings. The molecule has 3 rings (SSSR count). The number of likely N-dealkylation sites (N-methyl/N-ethyl adjacent to an activating group) is 1. The van der Waals surface area contributed by atoms with Crippen LogP contribution in [-0.4, -0.2) is 54.9 Å². The van der Waals surface area contributed by atoms with Crippen molar-refractivity contribution in [2.45, 2.75) is 57.5 Å². The Kier molecular flexibility index (Phi) is 9.50. The van der Waals surface area contributed by atoms with Gasteiger partial charge in [0.1, 0.15) is 17.8 Å². The lowest BCUT2D eigenvalue weighted by Gasteiger charge is -2.29. The molecular weight excluding hydrogens is 430 g/mol. The molecule has 2 atom stereocenters. The topological polar surface area (TPSA) is 87.7 Å².